The third kappa shape index (κ3) is 1.86. The Morgan fingerprint density at radius 2 is 1.52 bits per heavy atom. The van der Waals surface area contributed by atoms with E-state index >= 15 is 0 Å². The molecule has 0 saturated carbocycles. The third-order valence-electron chi connectivity index (χ3n) is 3.27. The molecule has 104 valence electrons. The molecule has 7 heteroatoms. The first kappa shape index (κ1) is 13.7. The molecule has 21 heavy (non-hydrogen) atoms. The Balaban J connectivity index is 2.44. The van der Waals surface area contributed by atoms with Gasteiger partial charge in [0.1, 0.15) is 5.56 Å². The average Bonchev–Trinajstić information content (AvgIpc) is 2.44. The zero-order valence-electron chi connectivity index (χ0n) is 10.2. The summed E-state index contributed by atoms with van der Waals surface area (Å²) >= 11 is 11.9. The molecule has 0 aliphatic heterocycles. The van der Waals surface area contributed by atoms with Crippen molar-refractivity contribution >= 4 is 40.5 Å². The minimum atomic E-state index is -0.720. The van der Waals surface area contributed by atoms with E-state index in [-0.39, 0.29) is 32.3 Å². The first-order valence-corrected chi connectivity index (χ1v) is 6.54. The normalized spacial score (nSPS) is 12.9. The molecular weight excluding hydrogens is 317 g/mol. The Labute approximate surface area is 128 Å². The van der Waals surface area contributed by atoms with Crippen molar-refractivity contribution in [1.82, 2.24) is 0 Å². The summed E-state index contributed by atoms with van der Waals surface area (Å²) in [7, 11) is 0. The maximum absolute atomic E-state index is 12.6. The van der Waals surface area contributed by atoms with E-state index in [2.05, 4.69) is 0 Å². The van der Waals surface area contributed by atoms with E-state index in [1.165, 1.54) is 24.3 Å². The fraction of sp³-hybridized carbons (Fsp3) is 0. The van der Waals surface area contributed by atoms with Gasteiger partial charge in [0.05, 0.1) is 26.1 Å². The van der Waals surface area contributed by atoms with Gasteiger partial charge in [-0.15, -0.1) is 0 Å². The maximum atomic E-state index is 12.6. The van der Waals surface area contributed by atoms with Gasteiger partial charge in [0, 0.05) is 11.6 Å². The molecule has 1 aliphatic rings. The summed E-state index contributed by atoms with van der Waals surface area (Å²) < 4.78 is 0. The third-order valence-corrected chi connectivity index (χ3v) is 3.90. The van der Waals surface area contributed by atoms with Crippen LogP contribution in [-0.2, 0) is 0 Å². The quantitative estimate of drug-likeness (QED) is 0.506. The second-order valence-corrected chi connectivity index (χ2v) is 5.21. The van der Waals surface area contributed by atoms with Crippen molar-refractivity contribution in [2.24, 2.45) is 0 Å². The lowest BCUT2D eigenvalue weighted by Gasteiger charge is -2.19. The van der Waals surface area contributed by atoms with Crippen LogP contribution in [0.3, 0.4) is 0 Å². The van der Waals surface area contributed by atoms with Gasteiger partial charge >= 0.3 is 0 Å². The van der Waals surface area contributed by atoms with Crippen molar-refractivity contribution in [3.63, 3.8) is 0 Å². The maximum Gasteiger partial charge on any atom is 0.281 e. The largest absolute Gasteiger partial charge is 0.288 e. The summed E-state index contributed by atoms with van der Waals surface area (Å²) in [6.07, 6.45) is 0. The van der Waals surface area contributed by atoms with Crippen molar-refractivity contribution in [2.45, 2.75) is 0 Å². The van der Waals surface area contributed by atoms with Gasteiger partial charge in [0.2, 0.25) is 5.78 Å². The summed E-state index contributed by atoms with van der Waals surface area (Å²) in [6, 6.07) is 6.77. The molecule has 2 aromatic rings. The predicted octanol–water partition coefficient (Wildman–Crippen LogP) is 3.68. The fourth-order valence-corrected chi connectivity index (χ4v) is 2.88. The minimum Gasteiger partial charge on any atom is -0.288 e. The van der Waals surface area contributed by atoms with Gasteiger partial charge in [-0.1, -0.05) is 35.3 Å². The highest BCUT2D eigenvalue weighted by Crippen LogP contribution is 2.38. The highest BCUT2D eigenvalue weighted by Gasteiger charge is 2.38. The topological polar surface area (TPSA) is 77.3 Å². The molecule has 0 saturated heterocycles. The molecular formula is C14H5Cl2NO4. The van der Waals surface area contributed by atoms with Gasteiger partial charge in [0.15, 0.2) is 5.78 Å². The molecule has 0 radical (unpaired) electrons. The number of nitro groups is 1. The Bertz CT molecular complexity index is 845. The molecule has 1 aliphatic carbocycles. The Kier molecular flexibility index (Phi) is 3.04. The van der Waals surface area contributed by atoms with Crippen LogP contribution in [-0.4, -0.2) is 16.5 Å². The first-order valence-electron chi connectivity index (χ1n) is 5.78. The molecule has 2 aromatic carbocycles. The fourth-order valence-electron chi connectivity index (χ4n) is 2.37. The first-order chi connectivity index (χ1) is 9.93. The number of hydrogen-bond donors (Lipinski definition) is 0. The number of halogens is 2. The van der Waals surface area contributed by atoms with Crippen molar-refractivity contribution in [3.05, 3.63) is 72.7 Å². The number of carbonyl (C=O) groups excluding carboxylic acids is 2. The standard InChI is InChI=1S/C14H5Cl2NO4/c15-7-3-1-2-6-10(7)14(19)12-9(17(20)21)5-4-8(16)11(12)13(6)18/h1-5H. The van der Waals surface area contributed by atoms with Crippen molar-refractivity contribution < 1.29 is 14.5 Å². The SMILES string of the molecule is O=C1c2cccc(Cl)c2C(=O)c2c([N+](=O)[O-])ccc(Cl)c21. The van der Waals surface area contributed by atoms with Crippen LogP contribution >= 0.6 is 23.2 Å². The van der Waals surface area contributed by atoms with E-state index in [1.807, 2.05) is 0 Å². The van der Waals surface area contributed by atoms with Crippen LogP contribution in [0.15, 0.2) is 30.3 Å². The number of benzene rings is 2. The monoisotopic (exact) mass is 321 g/mol. The van der Waals surface area contributed by atoms with E-state index in [0.717, 1.165) is 6.07 Å². The van der Waals surface area contributed by atoms with E-state index in [0.29, 0.717) is 0 Å². The van der Waals surface area contributed by atoms with Crippen molar-refractivity contribution in [2.75, 3.05) is 0 Å². The molecule has 5 nitrogen and oxygen atoms in total. The molecule has 0 N–H and O–H groups in total. The van der Waals surface area contributed by atoms with Gasteiger partial charge in [-0.3, -0.25) is 19.7 Å². The number of carbonyl (C=O) groups is 2. The van der Waals surface area contributed by atoms with Gasteiger partial charge in [-0.25, -0.2) is 0 Å². The second kappa shape index (κ2) is 4.65. The smallest absolute Gasteiger partial charge is 0.281 e. The molecule has 0 heterocycles. The number of rotatable bonds is 1. The van der Waals surface area contributed by atoms with E-state index in [4.69, 9.17) is 23.2 Å². The highest BCUT2D eigenvalue weighted by atomic mass is 35.5. The van der Waals surface area contributed by atoms with Crippen LogP contribution in [0.4, 0.5) is 5.69 Å². The summed E-state index contributed by atoms with van der Waals surface area (Å²) in [5.41, 5.74) is -0.841. The Morgan fingerprint density at radius 1 is 0.857 bits per heavy atom. The summed E-state index contributed by atoms with van der Waals surface area (Å²) in [6.45, 7) is 0. The molecule has 0 amide bonds. The van der Waals surface area contributed by atoms with Crippen molar-refractivity contribution in [3.8, 4) is 0 Å². The van der Waals surface area contributed by atoms with Crippen LogP contribution in [0.2, 0.25) is 10.0 Å². The number of hydrogen-bond acceptors (Lipinski definition) is 4. The molecule has 3 rings (SSSR count). The highest BCUT2D eigenvalue weighted by molar-refractivity contribution is 6.43. The minimum absolute atomic E-state index is 0.000393. The number of ketones is 2. The number of nitrogens with zero attached hydrogens (tertiary/aromatic N) is 1. The molecule has 0 spiro atoms. The van der Waals surface area contributed by atoms with Gasteiger partial charge in [0.25, 0.3) is 5.69 Å². The summed E-state index contributed by atoms with van der Waals surface area (Å²) in [5.74, 6) is -1.21. The molecule has 0 fully saturated rings. The number of nitro benzene ring substituents is 1. The predicted molar refractivity (Wildman–Crippen MR) is 76.4 cm³/mol. The summed E-state index contributed by atoms with van der Waals surface area (Å²) in [4.78, 5) is 35.4. The van der Waals surface area contributed by atoms with Crippen LogP contribution in [0.25, 0.3) is 0 Å². The lowest BCUT2D eigenvalue weighted by Crippen LogP contribution is -2.23. The van der Waals surface area contributed by atoms with E-state index < -0.39 is 22.2 Å². The average molecular weight is 322 g/mol. The number of fused-ring (bicyclic) bond motifs is 2. The van der Waals surface area contributed by atoms with Crippen LogP contribution in [0.5, 0.6) is 0 Å². The molecule has 0 atom stereocenters. The van der Waals surface area contributed by atoms with Crippen LogP contribution in [0.1, 0.15) is 31.8 Å². The van der Waals surface area contributed by atoms with Gasteiger partial charge in [-0.05, 0) is 12.1 Å². The van der Waals surface area contributed by atoms with E-state index in [9.17, 15) is 19.7 Å². The van der Waals surface area contributed by atoms with Gasteiger partial charge < -0.3 is 0 Å². The zero-order valence-corrected chi connectivity index (χ0v) is 11.7. The lowest BCUT2D eigenvalue weighted by atomic mass is 9.83. The van der Waals surface area contributed by atoms with E-state index in [1.54, 1.807) is 0 Å². The van der Waals surface area contributed by atoms with Crippen LogP contribution in [0, 0.1) is 10.1 Å². The lowest BCUT2D eigenvalue weighted by molar-refractivity contribution is -0.385. The zero-order chi connectivity index (χ0) is 15.3. The Hall–Kier alpha value is -2.24. The van der Waals surface area contributed by atoms with Crippen LogP contribution < -0.4 is 0 Å². The second-order valence-electron chi connectivity index (χ2n) is 4.39. The van der Waals surface area contributed by atoms with Crippen molar-refractivity contribution in [1.29, 1.82) is 0 Å². The van der Waals surface area contributed by atoms with Gasteiger partial charge in [-0.2, -0.15) is 0 Å². The molecule has 0 unspecified atom stereocenters. The Morgan fingerprint density at radius 3 is 2.19 bits per heavy atom. The summed E-state index contributed by atoms with van der Waals surface area (Å²) in [5, 5.41) is 11.2. The molecule has 0 bridgehead atoms. The molecule has 0 aromatic heterocycles.